The minimum atomic E-state index is -0.267. The molecule has 0 aliphatic heterocycles. The van der Waals surface area contributed by atoms with E-state index in [9.17, 15) is 4.79 Å². The van der Waals surface area contributed by atoms with Crippen LogP contribution in [-0.4, -0.2) is 15.9 Å². The number of hydrogen-bond acceptors (Lipinski definition) is 4. The van der Waals surface area contributed by atoms with Gasteiger partial charge in [-0.05, 0) is 42.3 Å². The molecule has 5 heteroatoms. The van der Waals surface area contributed by atoms with E-state index >= 15 is 0 Å². The van der Waals surface area contributed by atoms with Crippen molar-refractivity contribution in [1.29, 1.82) is 0 Å². The second-order valence-electron chi connectivity index (χ2n) is 5.73. The summed E-state index contributed by atoms with van der Waals surface area (Å²) in [6.45, 7) is 2.42. The van der Waals surface area contributed by atoms with E-state index in [0.29, 0.717) is 12.3 Å². The molecule has 0 radical (unpaired) electrons. The molecule has 24 heavy (non-hydrogen) atoms. The van der Waals surface area contributed by atoms with E-state index in [1.165, 1.54) is 0 Å². The molecule has 3 heterocycles. The molecule has 0 saturated carbocycles. The molecule has 1 aromatic carbocycles. The van der Waals surface area contributed by atoms with E-state index in [1.54, 1.807) is 18.5 Å². The van der Waals surface area contributed by atoms with Crippen LogP contribution in [0.15, 0.2) is 59.3 Å². The fraction of sp³-hybridized carbons (Fsp3) is 0.105. The predicted octanol–water partition coefficient (Wildman–Crippen LogP) is 3.61. The van der Waals surface area contributed by atoms with E-state index in [4.69, 9.17) is 4.42 Å². The SMILES string of the molecule is Cc1ccc2cc3cc(C(=O)NCc4cccnc4)oc3nc2c1. The van der Waals surface area contributed by atoms with Crippen molar-refractivity contribution < 1.29 is 9.21 Å². The number of amides is 1. The molecule has 4 aromatic rings. The molecule has 0 fully saturated rings. The summed E-state index contributed by atoms with van der Waals surface area (Å²) < 4.78 is 5.63. The van der Waals surface area contributed by atoms with Gasteiger partial charge in [-0.3, -0.25) is 9.78 Å². The highest BCUT2D eigenvalue weighted by Gasteiger charge is 2.13. The van der Waals surface area contributed by atoms with Crippen molar-refractivity contribution in [2.24, 2.45) is 0 Å². The topological polar surface area (TPSA) is 68.0 Å². The maximum absolute atomic E-state index is 12.3. The van der Waals surface area contributed by atoms with Crippen LogP contribution in [0.4, 0.5) is 0 Å². The quantitative estimate of drug-likeness (QED) is 0.626. The Morgan fingerprint density at radius 1 is 1.17 bits per heavy atom. The summed E-state index contributed by atoms with van der Waals surface area (Å²) >= 11 is 0. The number of fused-ring (bicyclic) bond motifs is 2. The maximum Gasteiger partial charge on any atom is 0.287 e. The lowest BCUT2D eigenvalue weighted by Gasteiger charge is -2.02. The van der Waals surface area contributed by atoms with Crippen molar-refractivity contribution in [3.05, 3.63) is 71.7 Å². The number of nitrogens with one attached hydrogen (secondary N) is 1. The second-order valence-corrected chi connectivity index (χ2v) is 5.73. The molecule has 5 nitrogen and oxygen atoms in total. The largest absolute Gasteiger partial charge is 0.433 e. The van der Waals surface area contributed by atoms with Gasteiger partial charge in [0, 0.05) is 29.7 Å². The lowest BCUT2D eigenvalue weighted by atomic mass is 10.1. The Bertz CT molecular complexity index is 1040. The highest BCUT2D eigenvalue weighted by Crippen LogP contribution is 2.23. The molecule has 4 rings (SSSR count). The van der Waals surface area contributed by atoms with E-state index in [2.05, 4.69) is 15.3 Å². The van der Waals surface area contributed by atoms with Crippen molar-refractivity contribution in [2.75, 3.05) is 0 Å². The molecule has 118 valence electrons. The third-order valence-electron chi connectivity index (χ3n) is 3.86. The molecular weight excluding hydrogens is 302 g/mol. The standard InChI is InChI=1S/C19H15N3O2/c1-12-4-5-14-8-15-9-17(24-19(15)22-16(14)7-12)18(23)21-11-13-3-2-6-20-10-13/h2-10H,11H2,1H3,(H,21,23). The van der Waals surface area contributed by atoms with Crippen LogP contribution >= 0.6 is 0 Å². The first kappa shape index (κ1) is 14.4. The molecule has 0 saturated heterocycles. The van der Waals surface area contributed by atoms with Gasteiger partial charge in [0.1, 0.15) is 0 Å². The minimum Gasteiger partial charge on any atom is -0.433 e. The van der Waals surface area contributed by atoms with Crippen LogP contribution in [0, 0.1) is 6.92 Å². The summed E-state index contributed by atoms with van der Waals surface area (Å²) in [5.41, 5.74) is 3.40. The maximum atomic E-state index is 12.3. The fourth-order valence-electron chi connectivity index (χ4n) is 2.62. The number of aromatic nitrogens is 2. The van der Waals surface area contributed by atoms with Crippen LogP contribution in [-0.2, 0) is 6.54 Å². The predicted molar refractivity (Wildman–Crippen MR) is 91.7 cm³/mol. The molecular formula is C19H15N3O2. The number of carbonyl (C=O) groups excluding carboxylic acids is 1. The lowest BCUT2D eigenvalue weighted by molar-refractivity contribution is 0.0925. The van der Waals surface area contributed by atoms with Crippen LogP contribution in [0.1, 0.15) is 21.7 Å². The molecule has 0 unspecified atom stereocenters. The van der Waals surface area contributed by atoms with Crippen LogP contribution in [0.5, 0.6) is 0 Å². The van der Waals surface area contributed by atoms with Crippen LogP contribution in [0.2, 0.25) is 0 Å². The highest BCUT2D eigenvalue weighted by atomic mass is 16.4. The van der Waals surface area contributed by atoms with Gasteiger partial charge in [0.15, 0.2) is 5.76 Å². The van der Waals surface area contributed by atoms with Gasteiger partial charge in [-0.2, -0.15) is 0 Å². The average Bonchev–Trinajstić information content (AvgIpc) is 3.01. The van der Waals surface area contributed by atoms with Gasteiger partial charge in [-0.1, -0.05) is 18.2 Å². The molecule has 1 N–H and O–H groups in total. The van der Waals surface area contributed by atoms with Gasteiger partial charge in [-0.15, -0.1) is 0 Å². The number of pyridine rings is 2. The van der Waals surface area contributed by atoms with Gasteiger partial charge in [-0.25, -0.2) is 4.98 Å². The summed E-state index contributed by atoms with van der Waals surface area (Å²) in [7, 11) is 0. The monoisotopic (exact) mass is 317 g/mol. The second kappa shape index (κ2) is 5.77. The lowest BCUT2D eigenvalue weighted by Crippen LogP contribution is -2.22. The third-order valence-corrected chi connectivity index (χ3v) is 3.86. The summed E-state index contributed by atoms with van der Waals surface area (Å²) in [6, 6.07) is 13.5. The third kappa shape index (κ3) is 2.72. The van der Waals surface area contributed by atoms with Crippen molar-refractivity contribution in [2.45, 2.75) is 13.5 Å². The number of carbonyl (C=O) groups is 1. The Labute approximate surface area is 138 Å². The molecule has 0 aliphatic carbocycles. The summed E-state index contributed by atoms with van der Waals surface area (Å²) in [5, 5.41) is 4.67. The van der Waals surface area contributed by atoms with Crippen molar-refractivity contribution in [3.63, 3.8) is 0 Å². The first-order chi connectivity index (χ1) is 11.7. The summed E-state index contributed by atoms with van der Waals surface area (Å²) in [4.78, 5) is 20.8. The Morgan fingerprint density at radius 3 is 2.92 bits per heavy atom. The summed E-state index contributed by atoms with van der Waals surface area (Å²) in [6.07, 6.45) is 3.41. The van der Waals surface area contributed by atoms with Crippen LogP contribution in [0.3, 0.4) is 0 Å². The molecule has 0 atom stereocenters. The molecule has 3 aromatic heterocycles. The first-order valence-electron chi connectivity index (χ1n) is 7.67. The zero-order valence-electron chi connectivity index (χ0n) is 13.1. The highest BCUT2D eigenvalue weighted by molar-refractivity contribution is 5.98. The molecule has 0 spiro atoms. The van der Waals surface area contributed by atoms with Gasteiger partial charge < -0.3 is 9.73 Å². The average molecular weight is 317 g/mol. The molecule has 0 aliphatic rings. The molecule has 0 bridgehead atoms. The number of aryl methyl sites for hydroxylation is 1. The fourth-order valence-corrected chi connectivity index (χ4v) is 2.62. The number of hydrogen-bond donors (Lipinski definition) is 1. The smallest absolute Gasteiger partial charge is 0.287 e. The Kier molecular flexibility index (Phi) is 3.46. The van der Waals surface area contributed by atoms with E-state index in [0.717, 1.165) is 27.4 Å². The number of furan rings is 1. The van der Waals surface area contributed by atoms with Crippen molar-refractivity contribution in [1.82, 2.24) is 15.3 Å². The van der Waals surface area contributed by atoms with Gasteiger partial charge in [0.25, 0.3) is 5.91 Å². The van der Waals surface area contributed by atoms with Gasteiger partial charge in [0.05, 0.1) is 5.52 Å². The number of nitrogens with zero attached hydrogens (tertiary/aromatic N) is 2. The number of rotatable bonds is 3. The number of benzene rings is 1. The van der Waals surface area contributed by atoms with E-state index in [-0.39, 0.29) is 11.7 Å². The van der Waals surface area contributed by atoms with E-state index < -0.39 is 0 Å². The summed E-state index contributed by atoms with van der Waals surface area (Å²) in [5.74, 6) is -0.00879. The zero-order chi connectivity index (χ0) is 16.5. The van der Waals surface area contributed by atoms with Crippen LogP contribution in [0.25, 0.3) is 22.0 Å². The van der Waals surface area contributed by atoms with Crippen LogP contribution < -0.4 is 5.32 Å². The first-order valence-corrected chi connectivity index (χ1v) is 7.67. The van der Waals surface area contributed by atoms with Crippen molar-refractivity contribution >= 4 is 27.9 Å². The Balaban J connectivity index is 1.62. The minimum absolute atomic E-state index is 0.258. The van der Waals surface area contributed by atoms with E-state index in [1.807, 2.05) is 43.3 Å². The molecule has 1 amide bonds. The van der Waals surface area contributed by atoms with Crippen molar-refractivity contribution in [3.8, 4) is 0 Å². The Morgan fingerprint density at radius 2 is 2.08 bits per heavy atom. The Hall–Kier alpha value is -3.21. The van der Waals surface area contributed by atoms with Gasteiger partial charge >= 0.3 is 0 Å². The normalized spacial score (nSPS) is 11.0. The van der Waals surface area contributed by atoms with Gasteiger partial charge in [0.2, 0.25) is 5.71 Å². The zero-order valence-corrected chi connectivity index (χ0v) is 13.1.